The van der Waals surface area contributed by atoms with Crippen molar-refractivity contribution in [2.75, 3.05) is 13.1 Å². The summed E-state index contributed by atoms with van der Waals surface area (Å²) in [6, 6.07) is 16.5. The number of likely N-dealkylation sites (tertiary alicyclic amines) is 1. The Morgan fingerprint density at radius 2 is 1.54 bits per heavy atom. The zero-order valence-corrected chi connectivity index (χ0v) is 22.2. The summed E-state index contributed by atoms with van der Waals surface area (Å²) in [5.74, 6) is -1.92. The molecule has 2 fully saturated rings. The van der Waals surface area contributed by atoms with Crippen LogP contribution in [0.3, 0.4) is 0 Å². The highest BCUT2D eigenvalue weighted by molar-refractivity contribution is 5.91. The molecule has 1 unspecified atom stereocenters. The maximum atomic E-state index is 13.5. The summed E-state index contributed by atoms with van der Waals surface area (Å²) in [5.41, 5.74) is 1.85. The Labute approximate surface area is 229 Å². The van der Waals surface area contributed by atoms with Gasteiger partial charge in [-0.25, -0.2) is 4.79 Å². The van der Waals surface area contributed by atoms with Gasteiger partial charge in [0.05, 0.1) is 6.04 Å². The lowest BCUT2D eigenvalue weighted by Crippen LogP contribution is -2.54. The highest BCUT2D eigenvalue weighted by Gasteiger charge is 2.38. The fraction of sp³-hybridized carbons (Fsp3) is 0.467. The summed E-state index contributed by atoms with van der Waals surface area (Å²) < 4.78 is 0. The molecule has 0 saturated carbocycles. The van der Waals surface area contributed by atoms with E-state index in [1.165, 1.54) is 4.90 Å². The number of carbonyl (C=O) groups is 4. The SMILES string of the molecule is O=C(CC(Cc1ccccc1)NC(=O)[C@@H]1CCCCN1)N[C@@H](Cc1ccccc1)C(=O)N1CCC[C@H]1C(=O)O. The van der Waals surface area contributed by atoms with Crippen molar-refractivity contribution in [3.63, 3.8) is 0 Å². The molecular formula is C30H38N4O5. The standard InChI is InChI=1S/C30H38N4O5/c35-27(20-23(18-21-10-3-1-4-11-21)32-28(36)24-14-7-8-16-31-24)33-25(19-22-12-5-2-6-13-22)29(37)34-17-9-15-26(34)30(38)39/h1-6,10-13,23-26,31H,7-9,14-20H2,(H,32,36)(H,33,35)(H,38,39)/t23?,24-,25-,26-/m0/s1. The Morgan fingerprint density at radius 3 is 2.15 bits per heavy atom. The van der Waals surface area contributed by atoms with Crippen molar-refractivity contribution in [3.8, 4) is 0 Å². The Morgan fingerprint density at radius 1 is 0.872 bits per heavy atom. The van der Waals surface area contributed by atoms with Gasteiger partial charge < -0.3 is 26.0 Å². The van der Waals surface area contributed by atoms with Crippen molar-refractivity contribution < 1.29 is 24.3 Å². The molecule has 0 spiro atoms. The third-order valence-electron chi connectivity index (χ3n) is 7.47. The molecule has 9 heteroatoms. The van der Waals surface area contributed by atoms with Gasteiger partial charge in [0, 0.05) is 25.4 Å². The van der Waals surface area contributed by atoms with Crippen LogP contribution in [0.4, 0.5) is 0 Å². The van der Waals surface area contributed by atoms with Gasteiger partial charge in [0.1, 0.15) is 12.1 Å². The summed E-state index contributed by atoms with van der Waals surface area (Å²) in [7, 11) is 0. The first kappa shape index (κ1) is 28.3. The first-order valence-corrected chi connectivity index (χ1v) is 13.8. The number of benzene rings is 2. The highest BCUT2D eigenvalue weighted by Crippen LogP contribution is 2.20. The number of aliphatic carboxylic acids is 1. The van der Waals surface area contributed by atoms with E-state index in [9.17, 15) is 24.3 Å². The topological polar surface area (TPSA) is 128 Å². The predicted molar refractivity (Wildman–Crippen MR) is 147 cm³/mol. The molecule has 2 heterocycles. The smallest absolute Gasteiger partial charge is 0.326 e. The molecule has 3 amide bonds. The lowest BCUT2D eigenvalue weighted by Gasteiger charge is -2.29. The number of piperidine rings is 1. The number of hydrogen-bond acceptors (Lipinski definition) is 5. The molecule has 2 aromatic rings. The molecule has 2 aliphatic rings. The number of carboxylic acids is 1. The zero-order valence-electron chi connectivity index (χ0n) is 22.2. The normalized spacial score (nSPS) is 20.6. The minimum Gasteiger partial charge on any atom is -0.480 e. The van der Waals surface area contributed by atoms with E-state index in [0.29, 0.717) is 25.8 Å². The van der Waals surface area contributed by atoms with E-state index < -0.39 is 30.0 Å². The number of nitrogens with one attached hydrogen (secondary N) is 3. The Bertz CT molecular complexity index is 1120. The summed E-state index contributed by atoms with van der Waals surface area (Å²) in [4.78, 5) is 53.0. The van der Waals surface area contributed by atoms with Gasteiger partial charge in [0.2, 0.25) is 17.7 Å². The second kappa shape index (κ2) is 13.9. The van der Waals surface area contributed by atoms with Crippen LogP contribution in [-0.2, 0) is 32.0 Å². The third-order valence-corrected chi connectivity index (χ3v) is 7.47. The summed E-state index contributed by atoms with van der Waals surface area (Å²) in [6.45, 7) is 1.14. The van der Waals surface area contributed by atoms with Gasteiger partial charge >= 0.3 is 5.97 Å². The second-order valence-electron chi connectivity index (χ2n) is 10.4. The largest absolute Gasteiger partial charge is 0.480 e. The van der Waals surface area contributed by atoms with E-state index in [0.717, 1.165) is 36.9 Å². The van der Waals surface area contributed by atoms with Crippen molar-refractivity contribution >= 4 is 23.7 Å². The molecule has 0 aromatic heterocycles. The van der Waals surface area contributed by atoms with Crippen LogP contribution in [0, 0.1) is 0 Å². The van der Waals surface area contributed by atoms with Crippen LogP contribution in [0.1, 0.15) is 49.7 Å². The monoisotopic (exact) mass is 534 g/mol. The van der Waals surface area contributed by atoms with Gasteiger partial charge in [0.15, 0.2) is 0 Å². The summed E-state index contributed by atoms with van der Waals surface area (Å²) >= 11 is 0. The van der Waals surface area contributed by atoms with Gasteiger partial charge in [-0.3, -0.25) is 14.4 Å². The quantitative estimate of drug-likeness (QED) is 0.349. The number of hydrogen-bond donors (Lipinski definition) is 4. The van der Waals surface area contributed by atoms with Gasteiger partial charge in [-0.15, -0.1) is 0 Å². The van der Waals surface area contributed by atoms with Crippen molar-refractivity contribution in [1.82, 2.24) is 20.9 Å². The van der Waals surface area contributed by atoms with Crippen LogP contribution in [0.2, 0.25) is 0 Å². The van der Waals surface area contributed by atoms with Crippen LogP contribution in [0.15, 0.2) is 60.7 Å². The Balaban J connectivity index is 1.48. The molecule has 2 aromatic carbocycles. The van der Waals surface area contributed by atoms with Crippen LogP contribution >= 0.6 is 0 Å². The molecule has 4 N–H and O–H groups in total. The molecule has 0 radical (unpaired) electrons. The second-order valence-corrected chi connectivity index (χ2v) is 10.4. The molecule has 39 heavy (non-hydrogen) atoms. The average molecular weight is 535 g/mol. The number of carbonyl (C=O) groups excluding carboxylic acids is 3. The molecule has 0 bridgehead atoms. The zero-order chi connectivity index (χ0) is 27.6. The van der Waals surface area contributed by atoms with Crippen molar-refractivity contribution in [2.24, 2.45) is 0 Å². The first-order valence-electron chi connectivity index (χ1n) is 13.8. The van der Waals surface area contributed by atoms with E-state index >= 15 is 0 Å². The van der Waals surface area contributed by atoms with Crippen LogP contribution in [0.5, 0.6) is 0 Å². The van der Waals surface area contributed by atoms with Gasteiger partial charge in [0.25, 0.3) is 0 Å². The predicted octanol–water partition coefficient (Wildman–Crippen LogP) is 2.05. The highest BCUT2D eigenvalue weighted by atomic mass is 16.4. The van der Waals surface area contributed by atoms with E-state index in [1.54, 1.807) is 0 Å². The number of carboxylic acid groups (broad SMARTS) is 1. The van der Waals surface area contributed by atoms with E-state index in [4.69, 9.17) is 0 Å². The fourth-order valence-electron chi connectivity index (χ4n) is 5.46. The lowest BCUT2D eigenvalue weighted by atomic mass is 9.99. The summed E-state index contributed by atoms with van der Waals surface area (Å²) in [6.07, 6.45) is 4.48. The minimum absolute atomic E-state index is 0.00567. The molecule has 2 saturated heterocycles. The Kier molecular flexibility index (Phi) is 10.1. The van der Waals surface area contributed by atoms with Crippen LogP contribution < -0.4 is 16.0 Å². The number of rotatable bonds is 11. The van der Waals surface area contributed by atoms with E-state index in [-0.39, 0.29) is 30.7 Å². The van der Waals surface area contributed by atoms with Gasteiger partial charge in [-0.05, 0) is 49.8 Å². The average Bonchev–Trinajstić information content (AvgIpc) is 3.44. The fourth-order valence-corrected chi connectivity index (χ4v) is 5.46. The van der Waals surface area contributed by atoms with Crippen LogP contribution in [0.25, 0.3) is 0 Å². The van der Waals surface area contributed by atoms with Crippen molar-refractivity contribution in [3.05, 3.63) is 71.8 Å². The minimum atomic E-state index is -1.03. The number of nitrogens with zero attached hydrogens (tertiary/aromatic N) is 1. The maximum absolute atomic E-state index is 13.5. The number of amides is 3. The summed E-state index contributed by atoms with van der Waals surface area (Å²) in [5, 5.41) is 18.8. The van der Waals surface area contributed by atoms with Crippen molar-refractivity contribution in [1.29, 1.82) is 0 Å². The van der Waals surface area contributed by atoms with Gasteiger partial charge in [-0.1, -0.05) is 67.1 Å². The Hall–Kier alpha value is -3.72. The molecular weight excluding hydrogens is 496 g/mol. The van der Waals surface area contributed by atoms with Gasteiger partial charge in [-0.2, -0.15) is 0 Å². The van der Waals surface area contributed by atoms with E-state index in [1.807, 2.05) is 60.7 Å². The molecule has 0 aliphatic carbocycles. The molecule has 9 nitrogen and oxygen atoms in total. The van der Waals surface area contributed by atoms with E-state index in [2.05, 4.69) is 16.0 Å². The lowest BCUT2D eigenvalue weighted by molar-refractivity contribution is -0.149. The molecule has 208 valence electrons. The molecule has 4 rings (SSSR count). The molecule has 2 aliphatic heterocycles. The third kappa shape index (κ3) is 8.13. The molecule has 4 atom stereocenters. The van der Waals surface area contributed by atoms with Crippen molar-refractivity contribution in [2.45, 2.75) is 75.5 Å². The first-order chi connectivity index (χ1) is 18.9. The maximum Gasteiger partial charge on any atom is 0.326 e. The van der Waals surface area contributed by atoms with Crippen LogP contribution in [-0.4, -0.2) is 71.0 Å².